The van der Waals surface area contributed by atoms with Crippen LogP contribution in [0.2, 0.25) is 0 Å². The van der Waals surface area contributed by atoms with Gasteiger partial charge in [-0.3, -0.25) is 0 Å². The second-order valence-electron chi connectivity index (χ2n) is 10.9. The molecule has 0 saturated heterocycles. The topological polar surface area (TPSA) is 68.3 Å². The van der Waals surface area contributed by atoms with E-state index in [1.54, 1.807) is 24.3 Å². The molecule has 0 saturated carbocycles. The normalized spacial score (nSPS) is 12.2. The smallest absolute Gasteiger partial charge is 0.178 e. The van der Waals surface area contributed by atoms with Gasteiger partial charge in [-0.05, 0) is 51.0 Å². The molecule has 0 spiro atoms. The van der Waals surface area contributed by atoms with Crippen molar-refractivity contribution in [1.82, 2.24) is 0 Å². The van der Waals surface area contributed by atoms with E-state index in [0.717, 1.165) is 49.7 Å². The maximum atomic E-state index is 12.4. The molecular weight excluding hydrogens is 512 g/mol. The van der Waals surface area contributed by atoms with Crippen molar-refractivity contribution in [2.75, 3.05) is 11.5 Å². The molecule has 0 atom stereocenters. The molecule has 0 radical (unpaired) electrons. The van der Waals surface area contributed by atoms with E-state index in [0.29, 0.717) is 9.79 Å². The van der Waals surface area contributed by atoms with Gasteiger partial charge in [0.2, 0.25) is 0 Å². The minimum absolute atomic E-state index is 0.256. The predicted molar refractivity (Wildman–Crippen MR) is 160 cm³/mol. The highest BCUT2D eigenvalue weighted by Gasteiger charge is 2.14. The summed E-state index contributed by atoms with van der Waals surface area (Å²) >= 11 is 0. The minimum Gasteiger partial charge on any atom is -0.224 e. The summed E-state index contributed by atoms with van der Waals surface area (Å²) in [5.74, 6) is 0.512. The van der Waals surface area contributed by atoms with Crippen LogP contribution in [-0.2, 0) is 19.7 Å². The average molecular weight is 563 g/mol. The van der Waals surface area contributed by atoms with Crippen molar-refractivity contribution >= 4 is 19.7 Å². The molecule has 0 aliphatic carbocycles. The van der Waals surface area contributed by atoms with E-state index in [-0.39, 0.29) is 11.5 Å². The molecule has 2 aromatic rings. The van der Waals surface area contributed by atoms with E-state index < -0.39 is 19.7 Å². The largest absolute Gasteiger partial charge is 0.224 e. The lowest BCUT2D eigenvalue weighted by Gasteiger charge is -2.06. The zero-order chi connectivity index (χ0) is 27.7. The number of aryl methyl sites for hydroxylation is 2. The molecule has 0 heterocycles. The Morgan fingerprint density at radius 1 is 0.368 bits per heavy atom. The Kier molecular flexibility index (Phi) is 15.3. The lowest BCUT2D eigenvalue weighted by atomic mass is 10.0. The first-order valence-corrected chi connectivity index (χ1v) is 18.1. The molecule has 2 aromatic carbocycles. The lowest BCUT2D eigenvalue weighted by Crippen LogP contribution is -2.06. The number of hydrogen-bond donors (Lipinski definition) is 0. The highest BCUT2D eigenvalue weighted by atomic mass is 32.2. The molecule has 0 amide bonds. The summed E-state index contributed by atoms with van der Waals surface area (Å²) < 4.78 is 49.5. The van der Waals surface area contributed by atoms with Crippen molar-refractivity contribution in [2.45, 2.75) is 126 Å². The molecule has 0 aliphatic heterocycles. The molecule has 0 bridgehead atoms. The molecule has 6 heteroatoms. The SMILES string of the molecule is Cc1ccc(S(=O)(=O)CCCCCCCCCCCCCCCCCCS(=O)(=O)c2ccc(C)cc2)cc1. The molecule has 0 aliphatic rings. The van der Waals surface area contributed by atoms with E-state index >= 15 is 0 Å². The summed E-state index contributed by atoms with van der Waals surface area (Å²) in [5.41, 5.74) is 2.16. The molecular formula is C32H50O4S2. The first-order chi connectivity index (χ1) is 18.2. The lowest BCUT2D eigenvalue weighted by molar-refractivity contribution is 0.530. The third-order valence-corrected chi connectivity index (χ3v) is 11.0. The summed E-state index contributed by atoms with van der Waals surface area (Å²) in [4.78, 5) is 0.899. The van der Waals surface area contributed by atoms with Gasteiger partial charge in [-0.1, -0.05) is 125 Å². The van der Waals surface area contributed by atoms with Crippen LogP contribution in [0, 0.1) is 13.8 Å². The van der Waals surface area contributed by atoms with Gasteiger partial charge in [0.25, 0.3) is 0 Å². The van der Waals surface area contributed by atoms with E-state index in [4.69, 9.17) is 0 Å². The molecule has 38 heavy (non-hydrogen) atoms. The first-order valence-electron chi connectivity index (χ1n) is 14.8. The molecule has 0 N–H and O–H groups in total. The first kappa shape index (κ1) is 32.6. The Labute approximate surface area is 233 Å². The summed E-state index contributed by atoms with van der Waals surface area (Å²) in [6.45, 7) is 3.93. The van der Waals surface area contributed by atoms with Gasteiger partial charge in [0.1, 0.15) is 0 Å². The minimum atomic E-state index is -3.14. The Balaban J connectivity index is 1.33. The van der Waals surface area contributed by atoms with Crippen LogP contribution in [-0.4, -0.2) is 28.3 Å². The van der Waals surface area contributed by atoms with Crippen LogP contribution >= 0.6 is 0 Å². The third-order valence-electron chi connectivity index (χ3n) is 7.34. The fourth-order valence-corrected chi connectivity index (χ4v) is 7.53. The zero-order valence-electron chi connectivity index (χ0n) is 23.8. The van der Waals surface area contributed by atoms with Gasteiger partial charge < -0.3 is 0 Å². The predicted octanol–water partition coefficient (Wildman–Crippen LogP) is 8.79. The number of benzene rings is 2. The second-order valence-corrected chi connectivity index (χ2v) is 15.1. The second kappa shape index (κ2) is 17.8. The van der Waals surface area contributed by atoms with Crippen molar-refractivity contribution in [3.05, 3.63) is 59.7 Å². The maximum Gasteiger partial charge on any atom is 0.178 e. The third kappa shape index (κ3) is 13.4. The highest BCUT2D eigenvalue weighted by molar-refractivity contribution is 7.91. The average Bonchev–Trinajstić information content (AvgIpc) is 2.88. The maximum absolute atomic E-state index is 12.4. The number of sulfone groups is 2. The summed E-state index contributed by atoms with van der Waals surface area (Å²) in [7, 11) is -6.27. The quantitative estimate of drug-likeness (QED) is 0.143. The van der Waals surface area contributed by atoms with Crippen molar-refractivity contribution in [1.29, 1.82) is 0 Å². The van der Waals surface area contributed by atoms with Gasteiger partial charge in [-0.25, -0.2) is 16.8 Å². The Bertz CT molecular complexity index is 1010. The van der Waals surface area contributed by atoms with Crippen molar-refractivity contribution in [3.8, 4) is 0 Å². The van der Waals surface area contributed by atoms with Crippen LogP contribution in [0.15, 0.2) is 58.3 Å². The van der Waals surface area contributed by atoms with E-state index in [1.807, 2.05) is 38.1 Å². The Morgan fingerprint density at radius 2 is 0.579 bits per heavy atom. The monoisotopic (exact) mass is 562 g/mol. The molecule has 0 aromatic heterocycles. The molecule has 0 fully saturated rings. The summed E-state index contributed by atoms with van der Waals surface area (Å²) in [5, 5.41) is 0. The van der Waals surface area contributed by atoms with Crippen LogP contribution in [0.4, 0.5) is 0 Å². The van der Waals surface area contributed by atoms with Crippen molar-refractivity contribution < 1.29 is 16.8 Å². The number of rotatable bonds is 21. The van der Waals surface area contributed by atoms with Crippen LogP contribution < -0.4 is 0 Å². The fourth-order valence-electron chi connectivity index (χ4n) is 4.79. The standard InChI is InChI=1S/C32H50O4S2/c1-29-19-23-31(24-20-29)37(33,34)27-17-15-13-11-9-7-5-3-4-6-8-10-12-14-16-18-28-38(35,36)32-25-21-30(2)22-26-32/h19-26H,3-18,27-28H2,1-2H3. The van der Waals surface area contributed by atoms with Crippen molar-refractivity contribution in [3.63, 3.8) is 0 Å². The van der Waals surface area contributed by atoms with Gasteiger partial charge >= 0.3 is 0 Å². The Hall–Kier alpha value is -1.66. The van der Waals surface area contributed by atoms with Crippen LogP contribution in [0.3, 0.4) is 0 Å². The number of unbranched alkanes of at least 4 members (excludes halogenated alkanes) is 15. The van der Waals surface area contributed by atoms with E-state index in [2.05, 4.69) is 0 Å². The fraction of sp³-hybridized carbons (Fsp3) is 0.625. The van der Waals surface area contributed by atoms with Gasteiger partial charge in [0.15, 0.2) is 19.7 Å². The van der Waals surface area contributed by atoms with Crippen LogP contribution in [0.1, 0.15) is 114 Å². The number of hydrogen-bond acceptors (Lipinski definition) is 4. The molecule has 2 rings (SSSR count). The van der Waals surface area contributed by atoms with E-state index in [9.17, 15) is 16.8 Å². The molecule has 214 valence electrons. The van der Waals surface area contributed by atoms with Gasteiger partial charge in [-0.15, -0.1) is 0 Å². The molecule has 0 unspecified atom stereocenters. The van der Waals surface area contributed by atoms with Crippen LogP contribution in [0.25, 0.3) is 0 Å². The summed E-state index contributed by atoms with van der Waals surface area (Å²) in [6, 6.07) is 14.3. The Morgan fingerprint density at radius 3 is 0.816 bits per heavy atom. The van der Waals surface area contributed by atoms with E-state index in [1.165, 1.54) is 64.2 Å². The van der Waals surface area contributed by atoms with Gasteiger partial charge in [-0.2, -0.15) is 0 Å². The van der Waals surface area contributed by atoms with Crippen LogP contribution in [0.5, 0.6) is 0 Å². The molecule has 4 nitrogen and oxygen atoms in total. The zero-order valence-corrected chi connectivity index (χ0v) is 25.4. The van der Waals surface area contributed by atoms with Gasteiger partial charge in [0.05, 0.1) is 21.3 Å². The summed E-state index contributed by atoms with van der Waals surface area (Å²) in [6.07, 6.45) is 18.5. The van der Waals surface area contributed by atoms with Gasteiger partial charge in [0, 0.05) is 0 Å². The highest BCUT2D eigenvalue weighted by Crippen LogP contribution is 2.18. The van der Waals surface area contributed by atoms with Crippen molar-refractivity contribution in [2.24, 2.45) is 0 Å².